The van der Waals surface area contributed by atoms with E-state index in [-0.39, 0.29) is 11.9 Å². The van der Waals surface area contributed by atoms with Crippen molar-refractivity contribution in [2.75, 3.05) is 19.7 Å². The second-order valence-corrected chi connectivity index (χ2v) is 6.88. The molecule has 4 heteroatoms. The van der Waals surface area contributed by atoms with Crippen LogP contribution < -0.4 is 10.1 Å². The van der Waals surface area contributed by atoms with Crippen molar-refractivity contribution in [2.24, 2.45) is 0 Å². The summed E-state index contributed by atoms with van der Waals surface area (Å²) in [6.07, 6.45) is 2.59. The van der Waals surface area contributed by atoms with Gasteiger partial charge in [-0.25, -0.2) is 0 Å². The van der Waals surface area contributed by atoms with E-state index >= 15 is 0 Å². The van der Waals surface area contributed by atoms with Crippen molar-refractivity contribution in [2.45, 2.75) is 39.3 Å². The van der Waals surface area contributed by atoms with Crippen LogP contribution in [0.15, 0.2) is 48.5 Å². The third-order valence-electron chi connectivity index (χ3n) is 4.86. The van der Waals surface area contributed by atoms with E-state index in [0.29, 0.717) is 12.2 Å². The van der Waals surface area contributed by atoms with E-state index in [2.05, 4.69) is 22.3 Å². The highest BCUT2D eigenvalue weighted by atomic mass is 16.5. The molecule has 1 aliphatic rings. The summed E-state index contributed by atoms with van der Waals surface area (Å²) in [7, 11) is 0. The molecule has 0 unspecified atom stereocenters. The van der Waals surface area contributed by atoms with E-state index in [1.165, 1.54) is 31.5 Å². The first-order valence-electron chi connectivity index (χ1n) is 9.50. The van der Waals surface area contributed by atoms with Gasteiger partial charge in [0.05, 0.1) is 12.6 Å². The van der Waals surface area contributed by atoms with Crippen molar-refractivity contribution >= 4 is 5.91 Å². The predicted molar refractivity (Wildman–Crippen MR) is 104 cm³/mol. The second kappa shape index (κ2) is 8.86. The van der Waals surface area contributed by atoms with E-state index in [0.717, 1.165) is 17.9 Å². The molecule has 138 valence electrons. The number of benzene rings is 2. The summed E-state index contributed by atoms with van der Waals surface area (Å²) in [5, 5.41) is 3.07. The fourth-order valence-electron chi connectivity index (χ4n) is 3.34. The van der Waals surface area contributed by atoms with Gasteiger partial charge in [0.25, 0.3) is 5.91 Å². The summed E-state index contributed by atoms with van der Waals surface area (Å²) >= 11 is 0. The van der Waals surface area contributed by atoms with Gasteiger partial charge >= 0.3 is 0 Å². The maximum atomic E-state index is 12.5. The van der Waals surface area contributed by atoms with Crippen molar-refractivity contribution in [3.8, 4) is 5.75 Å². The van der Waals surface area contributed by atoms with E-state index in [9.17, 15) is 4.79 Å². The minimum atomic E-state index is -0.0533. The van der Waals surface area contributed by atoms with Crippen molar-refractivity contribution in [1.82, 2.24) is 10.2 Å². The molecule has 1 aliphatic heterocycles. The zero-order valence-electron chi connectivity index (χ0n) is 15.7. The third-order valence-corrected chi connectivity index (χ3v) is 4.86. The van der Waals surface area contributed by atoms with Gasteiger partial charge in [0.1, 0.15) is 5.75 Å². The van der Waals surface area contributed by atoms with Gasteiger partial charge < -0.3 is 10.1 Å². The summed E-state index contributed by atoms with van der Waals surface area (Å²) in [4.78, 5) is 15.0. The van der Waals surface area contributed by atoms with Crippen molar-refractivity contribution in [3.63, 3.8) is 0 Å². The van der Waals surface area contributed by atoms with Crippen LogP contribution in [0, 0.1) is 0 Å². The van der Waals surface area contributed by atoms with Crippen LogP contribution >= 0.6 is 0 Å². The molecule has 0 radical (unpaired) electrons. The maximum absolute atomic E-state index is 12.5. The fourth-order valence-corrected chi connectivity index (χ4v) is 3.34. The Morgan fingerprint density at radius 3 is 2.35 bits per heavy atom. The van der Waals surface area contributed by atoms with Crippen LogP contribution in [0.25, 0.3) is 0 Å². The molecule has 26 heavy (non-hydrogen) atoms. The van der Waals surface area contributed by atoms with Gasteiger partial charge in [0, 0.05) is 12.1 Å². The van der Waals surface area contributed by atoms with E-state index in [4.69, 9.17) is 4.74 Å². The average molecular weight is 352 g/mol. The molecule has 1 fully saturated rings. The van der Waals surface area contributed by atoms with Crippen LogP contribution in [0.5, 0.6) is 5.75 Å². The van der Waals surface area contributed by atoms with Crippen LogP contribution in [0.4, 0.5) is 0 Å². The molecular weight excluding hydrogens is 324 g/mol. The first-order valence-corrected chi connectivity index (χ1v) is 9.50. The lowest BCUT2D eigenvalue weighted by Crippen LogP contribution is -2.26. The summed E-state index contributed by atoms with van der Waals surface area (Å²) in [6.45, 7) is 7.95. The van der Waals surface area contributed by atoms with Gasteiger partial charge in [-0.2, -0.15) is 0 Å². The lowest BCUT2D eigenvalue weighted by atomic mass is 10.1. The molecule has 1 N–H and O–H groups in total. The topological polar surface area (TPSA) is 41.6 Å². The molecule has 2 aromatic rings. The van der Waals surface area contributed by atoms with Crippen LogP contribution in [0.1, 0.15) is 54.2 Å². The molecular formula is C22H28N2O2. The normalized spacial score (nSPS) is 15.6. The molecule has 1 heterocycles. The lowest BCUT2D eigenvalue weighted by molar-refractivity contribution is 0.0940. The van der Waals surface area contributed by atoms with Gasteiger partial charge in [-0.1, -0.05) is 24.3 Å². The highest BCUT2D eigenvalue weighted by Crippen LogP contribution is 2.18. The number of ether oxygens (including phenoxy) is 1. The molecule has 0 spiro atoms. The number of hydrogen-bond donors (Lipinski definition) is 1. The number of amides is 1. The van der Waals surface area contributed by atoms with Crippen molar-refractivity contribution in [1.29, 1.82) is 0 Å². The minimum absolute atomic E-state index is 0.0425. The molecule has 1 amide bonds. The molecule has 0 aliphatic carbocycles. The van der Waals surface area contributed by atoms with Gasteiger partial charge in [-0.05, 0) is 75.2 Å². The molecule has 3 rings (SSSR count). The van der Waals surface area contributed by atoms with Gasteiger partial charge in [-0.3, -0.25) is 9.69 Å². The molecule has 2 aromatic carbocycles. The number of nitrogens with zero attached hydrogens (tertiary/aromatic N) is 1. The molecule has 0 bridgehead atoms. The Kier molecular flexibility index (Phi) is 6.29. The molecule has 1 saturated heterocycles. The Balaban J connectivity index is 1.56. The number of hydrogen-bond acceptors (Lipinski definition) is 3. The SMILES string of the molecule is CCOc1ccc([C@@H](C)NC(=O)c2ccc(CN3CCCC3)cc2)cc1. The predicted octanol–water partition coefficient (Wildman–Crippen LogP) is 4.17. The summed E-state index contributed by atoms with van der Waals surface area (Å²) in [5.74, 6) is 0.808. The zero-order valence-corrected chi connectivity index (χ0v) is 15.7. The van der Waals surface area contributed by atoms with E-state index < -0.39 is 0 Å². The fraction of sp³-hybridized carbons (Fsp3) is 0.409. The smallest absolute Gasteiger partial charge is 0.251 e. The van der Waals surface area contributed by atoms with Gasteiger partial charge in [0.15, 0.2) is 0 Å². The number of nitrogens with one attached hydrogen (secondary N) is 1. The van der Waals surface area contributed by atoms with Crippen LogP contribution in [-0.2, 0) is 6.54 Å². The molecule has 0 aromatic heterocycles. The number of carbonyl (C=O) groups is 1. The summed E-state index contributed by atoms with van der Waals surface area (Å²) < 4.78 is 5.46. The Hall–Kier alpha value is -2.33. The Bertz CT molecular complexity index is 704. The van der Waals surface area contributed by atoms with Crippen LogP contribution in [-0.4, -0.2) is 30.5 Å². The Morgan fingerprint density at radius 2 is 1.73 bits per heavy atom. The molecule has 0 saturated carbocycles. The monoisotopic (exact) mass is 352 g/mol. The zero-order chi connectivity index (χ0) is 18.4. The van der Waals surface area contributed by atoms with Crippen molar-refractivity contribution < 1.29 is 9.53 Å². The second-order valence-electron chi connectivity index (χ2n) is 6.88. The average Bonchev–Trinajstić information content (AvgIpc) is 3.16. The van der Waals surface area contributed by atoms with E-state index in [1.54, 1.807) is 0 Å². The number of rotatable bonds is 7. The lowest BCUT2D eigenvalue weighted by Gasteiger charge is -2.16. The largest absolute Gasteiger partial charge is 0.494 e. The quantitative estimate of drug-likeness (QED) is 0.813. The number of likely N-dealkylation sites (tertiary alicyclic amines) is 1. The highest BCUT2D eigenvalue weighted by molar-refractivity contribution is 5.94. The highest BCUT2D eigenvalue weighted by Gasteiger charge is 2.14. The first-order chi connectivity index (χ1) is 12.7. The summed E-state index contributed by atoms with van der Waals surface area (Å²) in [5.41, 5.74) is 3.03. The van der Waals surface area contributed by atoms with Gasteiger partial charge in [-0.15, -0.1) is 0 Å². The van der Waals surface area contributed by atoms with Gasteiger partial charge in [0.2, 0.25) is 0 Å². The molecule has 4 nitrogen and oxygen atoms in total. The first kappa shape index (κ1) is 18.5. The Labute approximate surface area is 156 Å². The maximum Gasteiger partial charge on any atom is 0.251 e. The Morgan fingerprint density at radius 1 is 1.08 bits per heavy atom. The van der Waals surface area contributed by atoms with Crippen LogP contribution in [0.3, 0.4) is 0 Å². The summed E-state index contributed by atoms with van der Waals surface area (Å²) in [6, 6.07) is 15.8. The van der Waals surface area contributed by atoms with Crippen molar-refractivity contribution in [3.05, 3.63) is 65.2 Å². The molecule has 1 atom stereocenters. The minimum Gasteiger partial charge on any atom is -0.494 e. The van der Waals surface area contributed by atoms with E-state index in [1.807, 2.05) is 50.2 Å². The standard InChI is InChI=1S/C22H28N2O2/c1-3-26-21-12-10-19(11-13-21)17(2)23-22(25)20-8-6-18(7-9-20)16-24-14-4-5-15-24/h6-13,17H,3-5,14-16H2,1-2H3,(H,23,25)/t17-/m1/s1. The van der Waals surface area contributed by atoms with Crippen LogP contribution in [0.2, 0.25) is 0 Å². The third kappa shape index (κ3) is 4.85. The number of carbonyl (C=O) groups excluding carboxylic acids is 1.